The molecule has 0 spiro atoms. The summed E-state index contributed by atoms with van der Waals surface area (Å²) in [5.41, 5.74) is -0.230. The summed E-state index contributed by atoms with van der Waals surface area (Å²) < 4.78 is 26.5. The highest BCUT2D eigenvalue weighted by Gasteiger charge is 2.24. The fourth-order valence-corrected chi connectivity index (χ4v) is 2.82. The van der Waals surface area contributed by atoms with Crippen molar-refractivity contribution in [3.8, 4) is 0 Å². The minimum atomic E-state index is -1.16. The van der Waals surface area contributed by atoms with E-state index in [9.17, 15) is 18.7 Å². The van der Waals surface area contributed by atoms with Gasteiger partial charge in [-0.05, 0) is 59.5 Å². The van der Waals surface area contributed by atoms with E-state index in [0.717, 1.165) is 23.8 Å². The van der Waals surface area contributed by atoms with Gasteiger partial charge in [-0.1, -0.05) is 0 Å². The summed E-state index contributed by atoms with van der Waals surface area (Å²) in [6, 6.07) is 4.53. The Morgan fingerprint density at radius 1 is 1.30 bits per heavy atom. The fraction of sp³-hybridized carbons (Fsp3) is 0.312. The van der Waals surface area contributed by atoms with Crippen LogP contribution in [-0.4, -0.2) is 24.2 Å². The zero-order valence-electron chi connectivity index (χ0n) is 12.6. The van der Waals surface area contributed by atoms with Gasteiger partial charge in [0.25, 0.3) is 0 Å². The molecule has 1 aromatic carbocycles. The third-order valence-corrected chi connectivity index (χ3v) is 4.11. The van der Waals surface area contributed by atoms with Crippen molar-refractivity contribution in [1.82, 2.24) is 10.6 Å². The van der Waals surface area contributed by atoms with Crippen molar-refractivity contribution in [1.29, 1.82) is 0 Å². The van der Waals surface area contributed by atoms with Crippen molar-refractivity contribution in [2.75, 3.05) is 13.1 Å². The number of aliphatic hydroxyl groups is 1. The van der Waals surface area contributed by atoms with Gasteiger partial charge < -0.3 is 15.7 Å². The van der Waals surface area contributed by atoms with E-state index < -0.39 is 23.3 Å². The van der Waals surface area contributed by atoms with Crippen LogP contribution in [0.15, 0.2) is 35.0 Å². The molecule has 0 saturated heterocycles. The zero-order chi connectivity index (χ0) is 16.9. The molecule has 0 saturated carbocycles. The van der Waals surface area contributed by atoms with E-state index in [-0.39, 0.29) is 25.1 Å². The number of benzene rings is 1. The van der Waals surface area contributed by atoms with Crippen LogP contribution in [0.2, 0.25) is 0 Å². The third-order valence-electron chi connectivity index (χ3n) is 3.42. The lowest BCUT2D eigenvalue weighted by molar-refractivity contribution is 0.0598. The Kier molecular flexibility index (Phi) is 5.68. The molecule has 1 unspecified atom stereocenters. The van der Waals surface area contributed by atoms with Crippen LogP contribution in [-0.2, 0) is 12.0 Å². The number of carbonyl (C=O) groups is 1. The lowest BCUT2D eigenvalue weighted by Gasteiger charge is -2.22. The van der Waals surface area contributed by atoms with Crippen molar-refractivity contribution in [2.24, 2.45) is 0 Å². The van der Waals surface area contributed by atoms with Crippen LogP contribution in [0, 0.1) is 11.6 Å². The van der Waals surface area contributed by atoms with Gasteiger partial charge in [0.05, 0.1) is 6.54 Å². The lowest BCUT2D eigenvalue weighted by atomic mass is 9.99. The van der Waals surface area contributed by atoms with E-state index >= 15 is 0 Å². The molecular weight excluding hydrogens is 322 g/mol. The molecule has 0 fully saturated rings. The summed E-state index contributed by atoms with van der Waals surface area (Å²) in [6.45, 7) is 1.81. The molecule has 0 aliphatic carbocycles. The summed E-state index contributed by atoms with van der Waals surface area (Å²) in [5.74, 6) is -1.02. The molecule has 1 heterocycles. The molecule has 124 valence electrons. The predicted molar refractivity (Wildman–Crippen MR) is 85.4 cm³/mol. The lowest BCUT2D eigenvalue weighted by Crippen LogP contribution is -2.43. The van der Waals surface area contributed by atoms with Gasteiger partial charge in [0.1, 0.15) is 17.2 Å². The quantitative estimate of drug-likeness (QED) is 0.757. The smallest absolute Gasteiger partial charge is 0.314 e. The molecule has 0 aliphatic heterocycles. The zero-order valence-corrected chi connectivity index (χ0v) is 13.4. The highest BCUT2D eigenvalue weighted by Crippen LogP contribution is 2.21. The molecule has 0 bridgehead atoms. The average molecular weight is 340 g/mol. The van der Waals surface area contributed by atoms with E-state index in [1.807, 2.05) is 10.8 Å². The highest BCUT2D eigenvalue weighted by atomic mass is 32.1. The first kappa shape index (κ1) is 17.4. The Morgan fingerprint density at radius 3 is 2.78 bits per heavy atom. The first-order valence-corrected chi connectivity index (χ1v) is 8.03. The highest BCUT2D eigenvalue weighted by molar-refractivity contribution is 7.08. The van der Waals surface area contributed by atoms with Crippen molar-refractivity contribution >= 4 is 17.4 Å². The van der Waals surface area contributed by atoms with Gasteiger partial charge in [-0.25, -0.2) is 13.6 Å². The number of halogens is 2. The number of rotatable bonds is 6. The molecule has 7 heteroatoms. The van der Waals surface area contributed by atoms with Crippen LogP contribution < -0.4 is 10.6 Å². The Labute approximate surface area is 137 Å². The van der Waals surface area contributed by atoms with Gasteiger partial charge in [-0.3, -0.25) is 0 Å². The maximum atomic E-state index is 13.4. The van der Waals surface area contributed by atoms with E-state index in [4.69, 9.17) is 0 Å². The summed E-state index contributed by atoms with van der Waals surface area (Å²) in [5, 5.41) is 19.0. The molecule has 2 aromatic rings. The topological polar surface area (TPSA) is 61.4 Å². The van der Waals surface area contributed by atoms with Crippen LogP contribution >= 0.6 is 11.3 Å². The van der Waals surface area contributed by atoms with Crippen LogP contribution in [0.1, 0.15) is 18.1 Å². The van der Waals surface area contributed by atoms with Crippen LogP contribution in [0.4, 0.5) is 13.6 Å². The second kappa shape index (κ2) is 7.52. The second-order valence-corrected chi connectivity index (χ2v) is 6.16. The summed E-state index contributed by atoms with van der Waals surface area (Å²) >= 11 is 1.46. The van der Waals surface area contributed by atoms with Crippen LogP contribution in [0.25, 0.3) is 0 Å². The number of hydrogen-bond acceptors (Lipinski definition) is 3. The minimum absolute atomic E-state index is 0.0455. The second-order valence-electron chi connectivity index (χ2n) is 5.38. The van der Waals surface area contributed by atoms with Gasteiger partial charge in [0.15, 0.2) is 0 Å². The number of carbonyl (C=O) groups excluding carboxylic acids is 1. The molecule has 3 N–H and O–H groups in total. The maximum absolute atomic E-state index is 13.4. The van der Waals surface area contributed by atoms with Crippen molar-refractivity contribution < 1.29 is 18.7 Å². The monoisotopic (exact) mass is 340 g/mol. The van der Waals surface area contributed by atoms with Crippen molar-refractivity contribution in [3.63, 3.8) is 0 Å². The minimum Gasteiger partial charge on any atom is -0.384 e. The predicted octanol–water partition coefficient (Wildman–Crippen LogP) is 2.78. The van der Waals surface area contributed by atoms with E-state index in [0.29, 0.717) is 0 Å². The third kappa shape index (κ3) is 5.01. The number of nitrogens with one attached hydrogen (secondary N) is 2. The number of urea groups is 1. The first-order valence-electron chi connectivity index (χ1n) is 7.09. The summed E-state index contributed by atoms with van der Waals surface area (Å²) in [6.07, 6.45) is 0.179. The van der Waals surface area contributed by atoms with Crippen LogP contribution in [0.5, 0.6) is 0 Å². The number of thiophene rings is 1. The molecule has 23 heavy (non-hydrogen) atoms. The average Bonchev–Trinajstić information content (AvgIpc) is 3.04. The fourth-order valence-electron chi connectivity index (χ4n) is 2.03. The van der Waals surface area contributed by atoms with Gasteiger partial charge in [0.2, 0.25) is 0 Å². The van der Waals surface area contributed by atoms with Crippen molar-refractivity contribution in [2.45, 2.75) is 18.9 Å². The van der Waals surface area contributed by atoms with Crippen molar-refractivity contribution in [3.05, 3.63) is 57.8 Å². The largest absolute Gasteiger partial charge is 0.384 e. The number of amides is 2. The molecular formula is C16H18F2N2O2S. The molecule has 0 aliphatic rings. The maximum Gasteiger partial charge on any atom is 0.314 e. The summed E-state index contributed by atoms with van der Waals surface area (Å²) in [7, 11) is 0. The Hall–Kier alpha value is -1.99. The molecule has 2 amide bonds. The molecule has 1 aromatic heterocycles. The Morgan fingerprint density at radius 2 is 2.09 bits per heavy atom. The molecule has 2 rings (SSSR count). The van der Waals surface area contributed by atoms with Gasteiger partial charge in [-0.15, -0.1) is 0 Å². The van der Waals surface area contributed by atoms with E-state index in [1.165, 1.54) is 11.3 Å². The van der Waals surface area contributed by atoms with E-state index in [2.05, 4.69) is 10.6 Å². The van der Waals surface area contributed by atoms with Crippen LogP contribution in [0.3, 0.4) is 0 Å². The SMILES string of the molecule is CC(O)(CNC(=O)NCCc1cc(F)ccc1F)c1ccsc1. The first-order chi connectivity index (χ1) is 10.9. The number of hydrogen-bond donors (Lipinski definition) is 3. The van der Waals surface area contributed by atoms with Gasteiger partial charge in [-0.2, -0.15) is 11.3 Å². The molecule has 0 radical (unpaired) electrons. The van der Waals surface area contributed by atoms with Gasteiger partial charge >= 0.3 is 6.03 Å². The molecule has 1 atom stereocenters. The summed E-state index contributed by atoms with van der Waals surface area (Å²) in [4.78, 5) is 11.7. The normalized spacial score (nSPS) is 13.4. The Bertz CT molecular complexity index is 660. The van der Waals surface area contributed by atoms with E-state index in [1.54, 1.807) is 13.0 Å². The molecule has 4 nitrogen and oxygen atoms in total. The standard InChI is InChI=1S/C16H18F2N2O2S/c1-16(22,12-5-7-23-9-12)10-20-15(21)19-6-4-11-8-13(17)2-3-14(11)18/h2-3,5,7-9,22H,4,6,10H2,1H3,(H2,19,20,21). The van der Waals surface area contributed by atoms with Gasteiger partial charge in [0, 0.05) is 6.54 Å². The Balaban J connectivity index is 1.76.